The first kappa shape index (κ1) is 15.6. The number of rotatable bonds is 7. The lowest BCUT2D eigenvalue weighted by Crippen LogP contribution is -2.33. The van der Waals surface area contributed by atoms with Crippen molar-refractivity contribution in [3.63, 3.8) is 0 Å². The summed E-state index contributed by atoms with van der Waals surface area (Å²) < 4.78 is 14.0. The molecule has 0 saturated carbocycles. The fourth-order valence-electron chi connectivity index (χ4n) is 2.29. The van der Waals surface area contributed by atoms with Crippen molar-refractivity contribution in [2.45, 2.75) is 45.6 Å². The van der Waals surface area contributed by atoms with Gasteiger partial charge in [-0.1, -0.05) is 13.8 Å². The van der Waals surface area contributed by atoms with Crippen LogP contribution in [0.3, 0.4) is 0 Å². The van der Waals surface area contributed by atoms with Crippen molar-refractivity contribution in [3.05, 3.63) is 39.7 Å². The fourth-order valence-corrected chi connectivity index (χ4v) is 2.29. The van der Waals surface area contributed by atoms with Gasteiger partial charge in [0, 0.05) is 18.0 Å². The van der Waals surface area contributed by atoms with Gasteiger partial charge in [-0.25, -0.2) is 4.39 Å². The molecule has 2 atom stereocenters. The minimum absolute atomic E-state index is 0.0207. The molecule has 2 unspecified atom stereocenters. The molecule has 0 aliphatic carbocycles. The van der Waals surface area contributed by atoms with Crippen LogP contribution in [0.5, 0.6) is 0 Å². The van der Waals surface area contributed by atoms with Gasteiger partial charge in [-0.15, -0.1) is 0 Å². The molecule has 1 rings (SSSR count). The first-order valence-electron chi connectivity index (χ1n) is 6.68. The molecule has 1 N–H and O–H groups in total. The lowest BCUT2D eigenvalue weighted by Gasteiger charge is -2.24. The van der Waals surface area contributed by atoms with E-state index in [0.29, 0.717) is 5.56 Å². The Balaban J connectivity index is 2.95. The quantitative estimate of drug-likeness (QED) is 0.607. The van der Waals surface area contributed by atoms with Crippen LogP contribution in [-0.4, -0.2) is 17.5 Å². The molecule has 0 bridgehead atoms. The van der Waals surface area contributed by atoms with Gasteiger partial charge < -0.3 is 5.32 Å². The van der Waals surface area contributed by atoms with Gasteiger partial charge in [0.1, 0.15) is 5.82 Å². The third-order valence-electron chi connectivity index (χ3n) is 3.35. The average molecular weight is 268 g/mol. The highest BCUT2D eigenvalue weighted by atomic mass is 19.1. The molecule has 0 aromatic heterocycles. The van der Waals surface area contributed by atoms with E-state index in [1.165, 1.54) is 12.1 Å². The van der Waals surface area contributed by atoms with E-state index >= 15 is 0 Å². The maximum Gasteiger partial charge on any atom is 0.272 e. The van der Waals surface area contributed by atoms with Gasteiger partial charge in [-0.2, -0.15) is 0 Å². The summed E-state index contributed by atoms with van der Waals surface area (Å²) in [6, 6.07) is 4.05. The molecule has 1 aromatic carbocycles. The Morgan fingerprint density at radius 3 is 2.58 bits per heavy atom. The molecular formula is C14H21FN2O2. The van der Waals surface area contributed by atoms with E-state index in [-0.39, 0.29) is 17.6 Å². The Kier molecular flexibility index (Phi) is 5.89. The summed E-state index contributed by atoms with van der Waals surface area (Å²) in [5.41, 5.74) is 0.342. The van der Waals surface area contributed by atoms with Crippen molar-refractivity contribution in [3.8, 4) is 0 Å². The maximum atomic E-state index is 14.0. The number of halogens is 1. The monoisotopic (exact) mass is 268 g/mol. The van der Waals surface area contributed by atoms with Crippen LogP contribution in [0.2, 0.25) is 0 Å². The Bertz CT molecular complexity index is 437. The molecule has 0 heterocycles. The lowest BCUT2D eigenvalue weighted by atomic mass is 9.89. The van der Waals surface area contributed by atoms with Gasteiger partial charge in [0.25, 0.3) is 5.69 Å². The summed E-state index contributed by atoms with van der Waals surface area (Å²) in [7, 11) is 0. The molecule has 0 amide bonds. The smallest absolute Gasteiger partial charge is 0.272 e. The van der Waals surface area contributed by atoms with Crippen molar-refractivity contribution in [2.24, 2.45) is 0 Å². The number of hydrogen-bond donors (Lipinski definition) is 1. The van der Waals surface area contributed by atoms with Crippen molar-refractivity contribution in [1.82, 2.24) is 5.32 Å². The molecule has 106 valence electrons. The predicted molar refractivity (Wildman–Crippen MR) is 73.8 cm³/mol. The van der Waals surface area contributed by atoms with Gasteiger partial charge in [0.15, 0.2) is 0 Å². The highest BCUT2D eigenvalue weighted by molar-refractivity contribution is 5.36. The second kappa shape index (κ2) is 7.19. The molecule has 1 aromatic rings. The van der Waals surface area contributed by atoms with Crippen LogP contribution in [0.25, 0.3) is 0 Å². The van der Waals surface area contributed by atoms with Crippen LogP contribution in [0.1, 0.15) is 45.1 Å². The summed E-state index contributed by atoms with van der Waals surface area (Å²) in [5.74, 6) is -0.474. The summed E-state index contributed by atoms with van der Waals surface area (Å²) in [6.07, 6.45) is 1.80. The van der Waals surface area contributed by atoms with Crippen LogP contribution >= 0.6 is 0 Å². The van der Waals surface area contributed by atoms with Crippen LogP contribution < -0.4 is 5.32 Å². The third kappa shape index (κ3) is 3.99. The Labute approximate surface area is 113 Å². The minimum atomic E-state index is -0.577. The molecule has 19 heavy (non-hydrogen) atoms. The van der Waals surface area contributed by atoms with E-state index in [0.717, 1.165) is 25.5 Å². The van der Waals surface area contributed by atoms with Crippen molar-refractivity contribution < 1.29 is 9.31 Å². The number of non-ortho nitro benzene ring substituents is 1. The van der Waals surface area contributed by atoms with Crippen molar-refractivity contribution in [2.75, 3.05) is 6.54 Å². The van der Waals surface area contributed by atoms with Crippen LogP contribution in [0.15, 0.2) is 18.2 Å². The lowest BCUT2D eigenvalue weighted by molar-refractivity contribution is -0.385. The van der Waals surface area contributed by atoms with Gasteiger partial charge >= 0.3 is 0 Å². The number of hydrogen-bond acceptors (Lipinski definition) is 3. The van der Waals surface area contributed by atoms with E-state index in [1.54, 1.807) is 0 Å². The SMILES string of the molecule is CCCNC(C)C(CC)c1ccc([N+](=O)[O-])cc1F. The molecule has 0 aliphatic heterocycles. The summed E-state index contributed by atoms with van der Waals surface area (Å²) >= 11 is 0. The first-order valence-corrected chi connectivity index (χ1v) is 6.68. The number of nitrogens with one attached hydrogen (secondary N) is 1. The third-order valence-corrected chi connectivity index (χ3v) is 3.35. The number of benzene rings is 1. The zero-order valence-electron chi connectivity index (χ0n) is 11.6. The second-order valence-electron chi connectivity index (χ2n) is 4.72. The maximum absolute atomic E-state index is 14.0. The number of nitrogens with zero attached hydrogens (tertiary/aromatic N) is 1. The summed E-state index contributed by atoms with van der Waals surface area (Å²) in [5, 5.41) is 14.0. The second-order valence-corrected chi connectivity index (χ2v) is 4.72. The van der Waals surface area contributed by atoms with Crippen molar-refractivity contribution >= 4 is 5.69 Å². The molecule has 0 saturated heterocycles. The van der Waals surface area contributed by atoms with Gasteiger partial charge in [-0.05, 0) is 37.9 Å². The van der Waals surface area contributed by atoms with E-state index < -0.39 is 10.7 Å². The van der Waals surface area contributed by atoms with E-state index in [4.69, 9.17) is 0 Å². The van der Waals surface area contributed by atoms with E-state index in [2.05, 4.69) is 12.2 Å². The van der Waals surface area contributed by atoms with Crippen molar-refractivity contribution in [1.29, 1.82) is 0 Å². The summed E-state index contributed by atoms with van der Waals surface area (Å²) in [6.45, 7) is 6.97. The van der Waals surface area contributed by atoms with Gasteiger partial charge in [-0.3, -0.25) is 10.1 Å². The molecule has 0 aliphatic rings. The highest BCUT2D eigenvalue weighted by Crippen LogP contribution is 2.28. The zero-order valence-corrected chi connectivity index (χ0v) is 11.6. The Morgan fingerprint density at radius 1 is 1.42 bits per heavy atom. The number of nitro groups is 1. The Morgan fingerprint density at radius 2 is 2.11 bits per heavy atom. The standard InChI is InChI=1S/C14H21FN2O2/c1-4-8-16-10(3)12(5-2)13-7-6-11(17(18)19)9-14(13)15/h6-7,9-10,12,16H,4-5,8H2,1-3H3. The molecule has 0 radical (unpaired) electrons. The van der Waals surface area contributed by atoms with E-state index in [1.807, 2.05) is 13.8 Å². The molecule has 0 spiro atoms. The normalized spacial score (nSPS) is 14.1. The molecule has 5 heteroatoms. The average Bonchev–Trinajstić information content (AvgIpc) is 2.38. The Hall–Kier alpha value is -1.49. The molecular weight excluding hydrogens is 247 g/mol. The van der Waals surface area contributed by atoms with Gasteiger partial charge in [0.2, 0.25) is 0 Å². The van der Waals surface area contributed by atoms with Gasteiger partial charge in [0.05, 0.1) is 11.0 Å². The van der Waals surface area contributed by atoms with Crippen LogP contribution in [0.4, 0.5) is 10.1 Å². The fraction of sp³-hybridized carbons (Fsp3) is 0.571. The zero-order chi connectivity index (χ0) is 14.4. The molecule has 0 fully saturated rings. The molecule has 4 nitrogen and oxygen atoms in total. The van der Waals surface area contributed by atoms with Crippen LogP contribution in [0, 0.1) is 15.9 Å². The minimum Gasteiger partial charge on any atom is -0.314 e. The number of nitro benzene ring substituents is 1. The largest absolute Gasteiger partial charge is 0.314 e. The topological polar surface area (TPSA) is 55.2 Å². The van der Waals surface area contributed by atoms with Crippen LogP contribution in [-0.2, 0) is 0 Å². The highest BCUT2D eigenvalue weighted by Gasteiger charge is 2.22. The predicted octanol–water partition coefficient (Wildman–Crippen LogP) is 3.62. The van der Waals surface area contributed by atoms with E-state index in [9.17, 15) is 14.5 Å². The first-order chi connectivity index (χ1) is 9.01. The summed E-state index contributed by atoms with van der Waals surface area (Å²) in [4.78, 5) is 10.0.